The summed E-state index contributed by atoms with van der Waals surface area (Å²) in [5, 5.41) is 0. The summed E-state index contributed by atoms with van der Waals surface area (Å²) >= 11 is 7.44. The topological polar surface area (TPSA) is 0 Å². The largest absolute Gasteiger partial charge is 0.0622 e. The fourth-order valence-corrected chi connectivity index (χ4v) is 4.45. The van der Waals surface area contributed by atoms with E-state index in [9.17, 15) is 0 Å². The first-order chi connectivity index (χ1) is 13.6. The van der Waals surface area contributed by atoms with Gasteiger partial charge in [0.25, 0.3) is 0 Å². The van der Waals surface area contributed by atoms with Gasteiger partial charge in [-0.15, -0.1) is 0 Å². The van der Waals surface area contributed by atoms with Crippen LogP contribution in [-0.2, 0) is 0 Å². The van der Waals surface area contributed by atoms with Gasteiger partial charge in [-0.1, -0.05) is 112 Å². The van der Waals surface area contributed by atoms with Gasteiger partial charge in [-0.3, -0.25) is 0 Å². The van der Waals surface area contributed by atoms with Gasteiger partial charge in [0.2, 0.25) is 0 Å². The second-order valence-electron chi connectivity index (χ2n) is 6.93. The van der Waals surface area contributed by atoms with Gasteiger partial charge in [-0.05, 0) is 57.6 Å². The molecule has 138 valence electrons. The molecule has 0 radical (unpaired) electrons. The minimum atomic E-state index is 0.297. The third-order valence-electron chi connectivity index (χ3n) is 5.15. The fourth-order valence-electron chi connectivity index (χ4n) is 3.49. The van der Waals surface area contributed by atoms with E-state index in [1.165, 1.54) is 33.4 Å². The number of hydrogen-bond acceptors (Lipinski definition) is 0. The number of halogens is 2. The Morgan fingerprint density at radius 2 is 0.929 bits per heavy atom. The highest BCUT2D eigenvalue weighted by atomic mass is 79.9. The maximum atomic E-state index is 3.72. The number of hydrogen-bond donors (Lipinski definition) is 0. The monoisotopic (exact) mass is 490 g/mol. The predicted molar refractivity (Wildman–Crippen MR) is 127 cm³/mol. The molecule has 4 rings (SSSR count). The molecule has 0 saturated heterocycles. The lowest BCUT2D eigenvalue weighted by molar-refractivity contribution is 0.922. The average Bonchev–Trinajstić information content (AvgIpc) is 2.75. The predicted octanol–water partition coefficient (Wildman–Crippen LogP) is 8.70. The molecule has 0 unspecified atom stereocenters. The molecule has 0 atom stereocenters. The minimum absolute atomic E-state index is 0.297. The molecule has 0 saturated carbocycles. The van der Waals surface area contributed by atoms with Crippen LogP contribution in [0.3, 0.4) is 0 Å². The van der Waals surface area contributed by atoms with Crippen LogP contribution >= 0.6 is 31.9 Å². The zero-order valence-electron chi connectivity index (χ0n) is 15.6. The van der Waals surface area contributed by atoms with Crippen LogP contribution in [0.2, 0.25) is 0 Å². The molecule has 0 aromatic heterocycles. The molecule has 28 heavy (non-hydrogen) atoms. The second-order valence-corrected chi connectivity index (χ2v) is 8.64. The molecule has 0 bridgehead atoms. The first-order valence-electron chi connectivity index (χ1n) is 9.33. The van der Waals surface area contributed by atoms with E-state index in [4.69, 9.17) is 0 Å². The summed E-state index contributed by atoms with van der Waals surface area (Å²) in [5.41, 5.74) is 7.52. The summed E-state index contributed by atoms with van der Waals surface area (Å²) in [7, 11) is 0. The van der Waals surface area contributed by atoms with E-state index >= 15 is 0 Å². The van der Waals surface area contributed by atoms with Crippen LogP contribution in [0.4, 0.5) is 0 Å². The van der Waals surface area contributed by atoms with Crippen molar-refractivity contribution in [1.29, 1.82) is 0 Å². The lowest BCUT2D eigenvalue weighted by Crippen LogP contribution is -1.98. The van der Waals surface area contributed by atoms with Crippen molar-refractivity contribution in [2.75, 3.05) is 0 Å². The maximum absolute atomic E-state index is 3.72. The highest BCUT2D eigenvalue weighted by Gasteiger charge is 2.14. The van der Waals surface area contributed by atoms with E-state index in [1.807, 2.05) is 0 Å². The fraction of sp³-hybridized carbons (Fsp3) is 0.0769. The van der Waals surface area contributed by atoms with Gasteiger partial charge in [-0.25, -0.2) is 0 Å². The van der Waals surface area contributed by atoms with E-state index in [0.29, 0.717) is 5.92 Å². The summed E-state index contributed by atoms with van der Waals surface area (Å²) < 4.78 is 2.24. The van der Waals surface area contributed by atoms with Crippen LogP contribution in [0.25, 0.3) is 22.3 Å². The molecular weight excluding hydrogens is 472 g/mol. The molecule has 0 spiro atoms. The van der Waals surface area contributed by atoms with Crippen molar-refractivity contribution in [2.45, 2.75) is 12.8 Å². The molecule has 0 amide bonds. The second kappa shape index (κ2) is 8.46. The van der Waals surface area contributed by atoms with Crippen LogP contribution in [0.1, 0.15) is 24.0 Å². The lowest BCUT2D eigenvalue weighted by atomic mass is 9.89. The van der Waals surface area contributed by atoms with Gasteiger partial charge < -0.3 is 0 Å². The molecule has 0 nitrogen and oxygen atoms in total. The van der Waals surface area contributed by atoms with Crippen LogP contribution in [0.15, 0.2) is 106 Å². The van der Waals surface area contributed by atoms with Crippen molar-refractivity contribution in [3.05, 3.63) is 117 Å². The molecule has 0 aliphatic heterocycles. The van der Waals surface area contributed by atoms with E-state index in [2.05, 4.69) is 136 Å². The zero-order valence-corrected chi connectivity index (χ0v) is 18.7. The molecule has 4 aromatic carbocycles. The van der Waals surface area contributed by atoms with Gasteiger partial charge in [-0.2, -0.15) is 0 Å². The molecule has 0 aliphatic rings. The molecule has 0 N–H and O–H groups in total. The average molecular weight is 492 g/mol. The minimum Gasteiger partial charge on any atom is -0.0622 e. The number of benzene rings is 4. The SMILES string of the molecule is CC(c1ccc(Br)c(-c2ccccc2)c1)c1ccc(Br)c(-c2ccccc2)c1. The van der Waals surface area contributed by atoms with Crippen LogP contribution < -0.4 is 0 Å². The molecule has 0 heterocycles. The zero-order chi connectivity index (χ0) is 19.5. The van der Waals surface area contributed by atoms with Gasteiger partial charge >= 0.3 is 0 Å². The summed E-state index contributed by atoms with van der Waals surface area (Å²) in [5.74, 6) is 0.297. The van der Waals surface area contributed by atoms with Crippen molar-refractivity contribution in [1.82, 2.24) is 0 Å². The van der Waals surface area contributed by atoms with Gasteiger partial charge in [0.05, 0.1) is 0 Å². The summed E-state index contributed by atoms with van der Waals surface area (Å²) in [6, 6.07) is 34.4. The van der Waals surface area contributed by atoms with Crippen molar-refractivity contribution in [3.63, 3.8) is 0 Å². The summed E-state index contributed by atoms with van der Waals surface area (Å²) in [6.07, 6.45) is 0. The summed E-state index contributed by atoms with van der Waals surface area (Å²) in [4.78, 5) is 0. The Balaban J connectivity index is 1.74. The smallest absolute Gasteiger partial charge is 0.0253 e. The van der Waals surface area contributed by atoms with Gasteiger partial charge in [0.1, 0.15) is 0 Å². The van der Waals surface area contributed by atoms with Crippen molar-refractivity contribution < 1.29 is 0 Å². The molecule has 0 fully saturated rings. The van der Waals surface area contributed by atoms with Crippen LogP contribution in [0, 0.1) is 0 Å². The first-order valence-corrected chi connectivity index (χ1v) is 10.9. The Morgan fingerprint density at radius 3 is 1.32 bits per heavy atom. The maximum Gasteiger partial charge on any atom is 0.0253 e. The molecule has 4 aromatic rings. The Hall–Kier alpha value is -2.16. The van der Waals surface area contributed by atoms with Crippen molar-refractivity contribution >= 4 is 31.9 Å². The Morgan fingerprint density at radius 1 is 0.536 bits per heavy atom. The Bertz CT molecular complexity index is 997. The van der Waals surface area contributed by atoms with Gasteiger partial charge in [0.15, 0.2) is 0 Å². The standard InChI is InChI=1S/C26H20Br2/c1-18(21-12-14-25(27)23(16-21)19-8-4-2-5-9-19)22-13-15-26(28)24(17-22)20-10-6-3-7-11-20/h2-18H,1H3. The lowest BCUT2D eigenvalue weighted by Gasteiger charge is -2.17. The van der Waals surface area contributed by atoms with Crippen molar-refractivity contribution in [3.8, 4) is 22.3 Å². The van der Waals surface area contributed by atoms with Crippen LogP contribution in [-0.4, -0.2) is 0 Å². The quantitative estimate of drug-likeness (QED) is 0.267. The van der Waals surface area contributed by atoms with E-state index in [-0.39, 0.29) is 0 Å². The Kier molecular flexibility index (Phi) is 5.79. The Labute approximate surface area is 183 Å². The van der Waals surface area contributed by atoms with Gasteiger partial charge in [0, 0.05) is 14.9 Å². The van der Waals surface area contributed by atoms with E-state index in [1.54, 1.807) is 0 Å². The third-order valence-corrected chi connectivity index (χ3v) is 6.53. The molecular formula is C26H20Br2. The third kappa shape index (κ3) is 3.99. The highest BCUT2D eigenvalue weighted by Crippen LogP contribution is 2.36. The van der Waals surface area contributed by atoms with Crippen molar-refractivity contribution in [2.24, 2.45) is 0 Å². The van der Waals surface area contributed by atoms with E-state index in [0.717, 1.165) is 8.95 Å². The first kappa shape index (κ1) is 19.2. The van der Waals surface area contributed by atoms with Crippen LogP contribution in [0.5, 0.6) is 0 Å². The number of rotatable bonds is 4. The molecule has 2 heteroatoms. The highest BCUT2D eigenvalue weighted by molar-refractivity contribution is 9.11. The normalized spacial score (nSPS) is 11.0. The molecule has 0 aliphatic carbocycles. The van der Waals surface area contributed by atoms with E-state index < -0.39 is 0 Å². The summed E-state index contributed by atoms with van der Waals surface area (Å²) in [6.45, 7) is 2.27.